The Hall–Kier alpha value is -2.94. The smallest absolute Gasteiger partial charge is 0.341 e. The van der Waals surface area contributed by atoms with Crippen LogP contribution in [0.1, 0.15) is 38.1 Å². The van der Waals surface area contributed by atoms with Crippen molar-refractivity contribution in [3.8, 4) is 0 Å². The largest absolute Gasteiger partial charge is 0.462 e. The predicted molar refractivity (Wildman–Crippen MR) is 98.0 cm³/mol. The molecule has 0 aliphatic rings. The van der Waals surface area contributed by atoms with Crippen molar-refractivity contribution in [2.24, 2.45) is 0 Å². The Kier molecular flexibility index (Phi) is 6.89. The van der Waals surface area contributed by atoms with E-state index in [1.54, 1.807) is 13.0 Å². The molecule has 144 valence electrons. The Morgan fingerprint density at radius 3 is 2.63 bits per heavy atom. The van der Waals surface area contributed by atoms with Crippen LogP contribution in [-0.4, -0.2) is 31.5 Å². The van der Waals surface area contributed by atoms with E-state index in [-0.39, 0.29) is 40.6 Å². The SMILES string of the molecule is CCOC(=O)c1c(N)sc(C(=O)NC)c1COC(=O)Cc1cccc(F)c1. The molecule has 7 nitrogen and oxygen atoms in total. The van der Waals surface area contributed by atoms with Crippen LogP contribution in [0.3, 0.4) is 0 Å². The van der Waals surface area contributed by atoms with E-state index in [9.17, 15) is 18.8 Å². The molecular formula is C18H19FN2O5S. The molecule has 9 heteroatoms. The van der Waals surface area contributed by atoms with E-state index in [2.05, 4.69) is 5.32 Å². The van der Waals surface area contributed by atoms with Gasteiger partial charge in [0.15, 0.2) is 0 Å². The maximum atomic E-state index is 13.2. The van der Waals surface area contributed by atoms with Gasteiger partial charge in [0, 0.05) is 12.6 Å². The highest BCUT2D eigenvalue weighted by Gasteiger charge is 2.27. The minimum absolute atomic E-state index is 0.0130. The van der Waals surface area contributed by atoms with Crippen LogP contribution in [0.15, 0.2) is 24.3 Å². The molecule has 2 aromatic rings. The van der Waals surface area contributed by atoms with Crippen LogP contribution in [0.2, 0.25) is 0 Å². The Morgan fingerprint density at radius 2 is 2.00 bits per heavy atom. The number of hydrogen-bond acceptors (Lipinski definition) is 7. The van der Waals surface area contributed by atoms with Crippen LogP contribution in [0, 0.1) is 5.82 Å². The highest BCUT2D eigenvalue weighted by molar-refractivity contribution is 7.18. The molecule has 0 saturated heterocycles. The fourth-order valence-corrected chi connectivity index (χ4v) is 3.37. The zero-order valence-electron chi connectivity index (χ0n) is 14.8. The molecule has 0 fully saturated rings. The first-order chi connectivity index (χ1) is 12.9. The zero-order chi connectivity index (χ0) is 20.0. The summed E-state index contributed by atoms with van der Waals surface area (Å²) in [5, 5.41) is 2.55. The molecule has 3 N–H and O–H groups in total. The highest BCUT2D eigenvalue weighted by Crippen LogP contribution is 2.32. The van der Waals surface area contributed by atoms with E-state index in [0.717, 1.165) is 11.3 Å². The monoisotopic (exact) mass is 394 g/mol. The van der Waals surface area contributed by atoms with Crippen LogP contribution in [0.25, 0.3) is 0 Å². The van der Waals surface area contributed by atoms with Crippen molar-refractivity contribution in [1.29, 1.82) is 0 Å². The van der Waals surface area contributed by atoms with Gasteiger partial charge in [0.05, 0.1) is 13.0 Å². The second-order valence-corrected chi connectivity index (χ2v) is 6.47. The lowest BCUT2D eigenvalue weighted by Gasteiger charge is -2.09. The molecule has 2 rings (SSSR count). The third-order valence-electron chi connectivity index (χ3n) is 3.56. The summed E-state index contributed by atoms with van der Waals surface area (Å²) in [6.07, 6.45) is -0.151. The van der Waals surface area contributed by atoms with Gasteiger partial charge in [-0.05, 0) is 24.6 Å². The van der Waals surface area contributed by atoms with Crippen LogP contribution < -0.4 is 11.1 Å². The maximum Gasteiger partial charge on any atom is 0.341 e. The molecule has 1 aromatic heterocycles. The van der Waals surface area contributed by atoms with Gasteiger partial charge in [-0.25, -0.2) is 9.18 Å². The number of hydrogen-bond donors (Lipinski definition) is 2. The van der Waals surface area contributed by atoms with Gasteiger partial charge in [-0.15, -0.1) is 11.3 Å². The number of amides is 1. The third-order valence-corrected chi connectivity index (χ3v) is 4.62. The summed E-state index contributed by atoms with van der Waals surface area (Å²) < 4.78 is 23.4. The van der Waals surface area contributed by atoms with Crippen molar-refractivity contribution in [3.05, 3.63) is 51.7 Å². The molecule has 0 radical (unpaired) electrons. The van der Waals surface area contributed by atoms with Crippen LogP contribution in [0.4, 0.5) is 9.39 Å². The molecule has 0 bridgehead atoms. The van der Waals surface area contributed by atoms with Gasteiger partial charge in [0.1, 0.15) is 27.9 Å². The highest BCUT2D eigenvalue weighted by atomic mass is 32.1. The summed E-state index contributed by atoms with van der Waals surface area (Å²) in [4.78, 5) is 36.5. The molecule has 1 heterocycles. The fourth-order valence-electron chi connectivity index (χ4n) is 2.36. The summed E-state index contributed by atoms with van der Waals surface area (Å²) in [6, 6.07) is 5.57. The Morgan fingerprint density at radius 1 is 1.26 bits per heavy atom. The lowest BCUT2D eigenvalue weighted by Crippen LogP contribution is -2.20. The maximum absolute atomic E-state index is 13.2. The van der Waals surface area contributed by atoms with Gasteiger partial charge in [0.2, 0.25) is 0 Å². The van der Waals surface area contributed by atoms with E-state index in [1.807, 2.05) is 0 Å². The van der Waals surface area contributed by atoms with Crippen LogP contribution in [-0.2, 0) is 27.3 Å². The summed E-state index contributed by atoms with van der Waals surface area (Å²) in [5.74, 6) is -2.25. The first-order valence-corrected chi connectivity index (χ1v) is 8.89. The number of thiophene rings is 1. The number of anilines is 1. The Labute approximate surface area is 159 Å². The number of nitrogens with two attached hydrogens (primary N) is 1. The molecule has 0 atom stereocenters. The number of carbonyl (C=O) groups excluding carboxylic acids is 3. The number of nitrogen functional groups attached to an aromatic ring is 1. The van der Waals surface area contributed by atoms with Crippen molar-refractivity contribution >= 4 is 34.2 Å². The second-order valence-electron chi connectivity index (χ2n) is 5.42. The Balaban J connectivity index is 2.21. The predicted octanol–water partition coefficient (Wildman–Crippen LogP) is 2.29. The van der Waals surface area contributed by atoms with E-state index in [1.165, 1.54) is 25.2 Å². The number of carbonyl (C=O) groups is 3. The first kappa shape index (κ1) is 20.4. The van der Waals surface area contributed by atoms with Crippen molar-refractivity contribution in [2.75, 3.05) is 19.4 Å². The van der Waals surface area contributed by atoms with Crippen LogP contribution >= 0.6 is 11.3 Å². The fraction of sp³-hybridized carbons (Fsp3) is 0.278. The lowest BCUT2D eigenvalue weighted by molar-refractivity contribution is -0.144. The lowest BCUT2D eigenvalue weighted by atomic mass is 10.1. The Bertz CT molecular complexity index is 865. The van der Waals surface area contributed by atoms with E-state index >= 15 is 0 Å². The minimum Gasteiger partial charge on any atom is -0.462 e. The average molecular weight is 394 g/mol. The molecule has 1 amide bonds. The molecule has 0 spiro atoms. The molecule has 0 unspecified atom stereocenters. The van der Waals surface area contributed by atoms with E-state index in [0.29, 0.717) is 5.56 Å². The summed E-state index contributed by atoms with van der Waals surface area (Å²) >= 11 is 0.909. The summed E-state index contributed by atoms with van der Waals surface area (Å²) in [5.41, 5.74) is 6.51. The van der Waals surface area contributed by atoms with Crippen molar-refractivity contribution in [3.63, 3.8) is 0 Å². The number of halogens is 1. The van der Waals surface area contributed by atoms with Gasteiger partial charge in [0.25, 0.3) is 5.91 Å². The van der Waals surface area contributed by atoms with Gasteiger partial charge < -0.3 is 20.5 Å². The molecule has 0 aliphatic heterocycles. The van der Waals surface area contributed by atoms with Crippen LogP contribution in [0.5, 0.6) is 0 Å². The molecule has 0 saturated carbocycles. The van der Waals surface area contributed by atoms with Crippen molar-refractivity contribution in [1.82, 2.24) is 5.32 Å². The summed E-state index contributed by atoms with van der Waals surface area (Å²) in [6.45, 7) is 1.43. The molecule has 0 aliphatic carbocycles. The second kappa shape index (κ2) is 9.13. The van der Waals surface area contributed by atoms with Gasteiger partial charge >= 0.3 is 11.9 Å². The summed E-state index contributed by atoms with van der Waals surface area (Å²) in [7, 11) is 1.43. The van der Waals surface area contributed by atoms with E-state index < -0.39 is 23.7 Å². The third kappa shape index (κ3) is 5.04. The zero-order valence-corrected chi connectivity index (χ0v) is 15.7. The van der Waals surface area contributed by atoms with Gasteiger partial charge in [-0.3, -0.25) is 9.59 Å². The number of benzene rings is 1. The van der Waals surface area contributed by atoms with E-state index in [4.69, 9.17) is 15.2 Å². The van der Waals surface area contributed by atoms with Crippen molar-refractivity contribution < 1.29 is 28.2 Å². The normalized spacial score (nSPS) is 10.3. The van der Waals surface area contributed by atoms with Gasteiger partial charge in [-0.2, -0.15) is 0 Å². The molecule has 1 aromatic carbocycles. The topological polar surface area (TPSA) is 108 Å². The minimum atomic E-state index is -0.697. The number of ether oxygens (including phenoxy) is 2. The number of nitrogens with one attached hydrogen (secondary N) is 1. The molecule has 27 heavy (non-hydrogen) atoms. The van der Waals surface area contributed by atoms with Crippen molar-refractivity contribution in [2.45, 2.75) is 20.0 Å². The number of esters is 2. The molecular weight excluding hydrogens is 375 g/mol. The quantitative estimate of drug-likeness (QED) is 0.698. The van der Waals surface area contributed by atoms with Gasteiger partial charge in [-0.1, -0.05) is 12.1 Å². The standard InChI is InChI=1S/C18H19FN2O5S/c1-3-25-18(24)14-12(15(17(23)21-2)27-16(14)20)9-26-13(22)8-10-5-4-6-11(19)7-10/h4-7H,3,8-9,20H2,1-2H3,(H,21,23). The average Bonchev–Trinajstić information content (AvgIpc) is 2.96. The first-order valence-electron chi connectivity index (χ1n) is 8.07. The number of rotatable bonds is 7.